The second kappa shape index (κ2) is 4.67. The Kier molecular flexibility index (Phi) is 2.87. The number of fused-ring (bicyclic) bond motifs is 1. The van der Waals surface area contributed by atoms with Crippen molar-refractivity contribution in [2.45, 2.75) is 25.4 Å². The lowest BCUT2D eigenvalue weighted by Gasteiger charge is -2.22. The van der Waals surface area contributed by atoms with E-state index in [0.717, 1.165) is 31.0 Å². The molecule has 0 aliphatic carbocycles. The van der Waals surface area contributed by atoms with E-state index in [2.05, 4.69) is 20.5 Å². The van der Waals surface area contributed by atoms with E-state index in [0.29, 0.717) is 0 Å². The predicted octanol–water partition coefficient (Wildman–Crippen LogP) is 1.11. The Balaban J connectivity index is 1.69. The summed E-state index contributed by atoms with van der Waals surface area (Å²) < 4.78 is 7.50. The van der Waals surface area contributed by atoms with Gasteiger partial charge in [-0.1, -0.05) is 0 Å². The van der Waals surface area contributed by atoms with Gasteiger partial charge in [-0.05, 0) is 19.3 Å². The van der Waals surface area contributed by atoms with Gasteiger partial charge < -0.3 is 10.1 Å². The molecule has 1 saturated heterocycles. The Morgan fingerprint density at radius 3 is 3.35 bits per heavy atom. The van der Waals surface area contributed by atoms with Gasteiger partial charge in [-0.2, -0.15) is 0 Å². The van der Waals surface area contributed by atoms with Crippen LogP contribution >= 0.6 is 0 Å². The topological polar surface area (TPSA) is 64.3 Å². The number of nitrogens with one attached hydrogen (secondary N) is 1. The van der Waals surface area contributed by atoms with Crippen molar-refractivity contribution in [1.29, 1.82) is 0 Å². The van der Waals surface area contributed by atoms with Gasteiger partial charge in [0.2, 0.25) is 5.65 Å². The highest BCUT2D eigenvalue weighted by molar-refractivity contribution is 5.61. The summed E-state index contributed by atoms with van der Waals surface area (Å²) in [5.74, 6) is 0.763. The van der Waals surface area contributed by atoms with Crippen LogP contribution in [0.3, 0.4) is 0 Å². The SMILES string of the molecule is c1cn2cnnc2c(NCC2CCCCO2)n1. The molecule has 2 aromatic heterocycles. The first-order valence-electron chi connectivity index (χ1n) is 5.93. The molecule has 0 saturated carbocycles. The Hall–Kier alpha value is -1.69. The zero-order valence-corrected chi connectivity index (χ0v) is 9.54. The molecule has 3 heterocycles. The lowest BCUT2D eigenvalue weighted by atomic mass is 10.1. The summed E-state index contributed by atoms with van der Waals surface area (Å²) in [4.78, 5) is 4.27. The molecule has 2 aromatic rings. The van der Waals surface area contributed by atoms with Crippen molar-refractivity contribution < 1.29 is 4.74 Å². The van der Waals surface area contributed by atoms with E-state index in [1.54, 1.807) is 12.5 Å². The summed E-state index contributed by atoms with van der Waals surface area (Å²) in [6.07, 6.45) is 9.05. The standard InChI is InChI=1S/C11H15N5O/c1-2-6-17-9(3-1)7-13-10-11-15-14-8-16(11)5-4-12-10/h4-5,8-9H,1-3,6-7H2,(H,12,13). The molecule has 0 aromatic carbocycles. The highest BCUT2D eigenvalue weighted by Gasteiger charge is 2.14. The summed E-state index contributed by atoms with van der Waals surface area (Å²) >= 11 is 0. The van der Waals surface area contributed by atoms with Crippen LogP contribution in [0.5, 0.6) is 0 Å². The number of hydrogen-bond donors (Lipinski definition) is 1. The fraction of sp³-hybridized carbons (Fsp3) is 0.545. The van der Waals surface area contributed by atoms with E-state index >= 15 is 0 Å². The predicted molar refractivity (Wildman–Crippen MR) is 62.9 cm³/mol. The van der Waals surface area contributed by atoms with Crippen LogP contribution in [-0.4, -0.2) is 38.8 Å². The molecule has 1 fully saturated rings. The number of ether oxygens (including phenoxy) is 1. The number of anilines is 1. The lowest BCUT2D eigenvalue weighted by Crippen LogP contribution is -2.27. The maximum atomic E-state index is 5.66. The molecule has 0 spiro atoms. The molecule has 17 heavy (non-hydrogen) atoms. The Morgan fingerprint density at radius 1 is 1.47 bits per heavy atom. The van der Waals surface area contributed by atoms with Crippen molar-refractivity contribution in [2.24, 2.45) is 0 Å². The molecule has 1 unspecified atom stereocenters. The van der Waals surface area contributed by atoms with Gasteiger partial charge in [0.25, 0.3) is 0 Å². The van der Waals surface area contributed by atoms with Crippen LogP contribution in [0.1, 0.15) is 19.3 Å². The monoisotopic (exact) mass is 233 g/mol. The van der Waals surface area contributed by atoms with Crippen molar-refractivity contribution in [3.63, 3.8) is 0 Å². The van der Waals surface area contributed by atoms with Gasteiger partial charge in [0.15, 0.2) is 5.82 Å². The molecule has 1 atom stereocenters. The van der Waals surface area contributed by atoms with E-state index in [-0.39, 0.29) is 6.10 Å². The quantitative estimate of drug-likeness (QED) is 0.860. The maximum Gasteiger partial charge on any atom is 0.203 e. The zero-order valence-electron chi connectivity index (χ0n) is 9.54. The second-order valence-electron chi connectivity index (χ2n) is 4.21. The van der Waals surface area contributed by atoms with Crippen molar-refractivity contribution in [1.82, 2.24) is 19.6 Å². The minimum absolute atomic E-state index is 0.286. The maximum absolute atomic E-state index is 5.66. The second-order valence-corrected chi connectivity index (χ2v) is 4.21. The van der Waals surface area contributed by atoms with Crippen LogP contribution in [0.4, 0.5) is 5.82 Å². The molecular weight excluding hydrogens is 218 g/mol. The molecule has 1 aliphatic rings. The number of hydrogen-bond acceptors (Lipinski definition) is 5. The number of rotatable bonds is 3. The third-order valence-corrected chi connectivity index (χ3v) is 2.99. The van der Waals surface area contributed by atoms with Gasteiger partial charge >= 0.3 is 0 Å². The molecule has 0 bridgehead atoms. The van der Waals surface area contributed by atoms with Crippen molar-refractivity contribution >= 4 is 11.5 Å². The average molecular weight is 233 g/mol. The van der Waals surface area contributed by atoms with Gasteiger partial charge in [0.05, 0.1) is 6.10 Å². The molecule has 3 rings (SSSR count). The van der Waals surface area contributed by atoms with Gasteiger partial charge in [-0.25, -0.2) is 4.98 Å². The van der Waals surface area contributed by atoms with Crippen molar-refractivity contribution in [3.05, 3.63) is 18.7 Å². The van der Waals surface area contributed by atoms with E-state index < -0.39 is 0 Å². The largest absolute Gasteiger partial charge is 0.376 e. The minimum atomic E-state index is 0.286. The molecule has 90 valence electrons. The first-order chi connectivity index (χ1) is 8.43. The van der Waals surface area contributed by atoms with Crippen LogP contribution in [0.15, 0.2) is 18.7 Å². The van der Waals surface area contributed by atoms with Crippen LogP contribution < -0.4 is 5.32 Å². The van der Waals surface area contributed by atoms with Crippen molar-refractivity contribution in [3.8, 4) is 0 Å². The molecule has 1 N–H and O–H groups in total. The summed E-state index contributed by atoms with van der Waals surface area (Å²) in [7, 11) is 0. The van der Waals surface area contributed by atoms with Crippen LogP contribution in [0.2, 0.25) is 0 Å². The minimum Gasteiger partial charge on any atom is -0.376 e. The average Bonchev–Trinajstić information content (AvgIpc) is 2.86. The van der Waals surface area contributed by atoms with Gasteiger partial charge in [0.1, 0.15) is 6.33 Å². The highest BCUT2D eigenvalue weighted by atomic mass is 16.5. The van der Waals surface area contributed by atoms with Crippen LogP contribution in [-0.2, 0) is 4.74 Å². The molecule has 0 amide bonds. The summed E-state index contributed by atoms with van der Waals surface area (Å²) in [6, 6.07) is 0. The number of aromatic nitrogens is 4. The van der Waals surface area contributed by atoms with Gasteiger partial charge in [-0.3, -0.25) is 4.40 Å². The highest BCUT2D eigenvalue weighted by Crippen LogP contribution is 2.15. The molecule has 1 aliphatic heterocycles. The van der Waals surface area contributed by atoms with Crippen LogP contribution in [0.25, 0.3) is 5.65 Å². The van der Waals surface area contributed by atoms with E-state index in [9.17, 15) is 0 Å². The fourth-order valence-corrected chi connectivity index (χ4v) is 2.06. The third-order valence-electron chi connectivity index (χ3n) is 2.99. The molecule has 6 nitrogen and oxygen atoms in total. The molecule has 0 radical (unpaired) electrons. The Bertz CT molecular complexity index is 491. The van der Waals surface area contributed by atoms with Crippen molar-refractivity contribution in [2.75, 3.05) is 18.5 Å². The smallest absolute Gasteiger partial charge is 0.203 e. The van der Waals surface area contributed by atoms with Gasteiger partial charge in [0, 0.05) is 25.5 Å². The van der Waals surface area contributed by atoms with E-state index in [4.69, 9.17) is 4.74 Å². The number of nitrogens with zero attached hydrogens (tertiary/aromatic N) is 4. The summed E-state index contributed by atoms with van der Waals surface area (Å²) in [6.45, 7) is 1.65. The lowest BCUT2D eigenvalue weighted by molar-refractivity contribution is 0.0247. The summed E-state index contributed by atoms with van der Waals surface area (Å²) in [5.41, 5.74) is 0.753. The van der Waals surface area contributed by atoms with Crippen LogP contribution in [0, 0.1) is 0 Å². The Labute approximate surface area is 99.0 Å². The Morgan fingerprint density at radius 2 is 2.47 bits per heavy atom. The fourth-order valence-electron chi connectivity index (χ4n) is 2.06. The normalized spacial score (nSPS) is 20.6. The third kappa shape index (κ3) is 2.21. The van der Waals surface area contributed by atoms with E-state index in [1.165, 1.54) is 12.8 Å². The van der Waals surface area contributed by atoms with E-state index in [1.807, 2.05) is 10.6 Å². The molecular formula is C11H15N5O. The first-order valence-corrected chi connectivity index (χ1v) is 5.93. The molecule has 6 heteroatoms. The first kappa shape index (κ1) is 10.5. The summed E-state index contributed by atoms with van der Waals surface area (Å²) in [5, 5.41) is 11.2. The zero-order chi connectivity index (χ0) is 11.5. The van der Waals surface area contributed by atoms with Gasteiger partial charge in [-0.15, -0.1) is 10.2 Å².